The van der Waals surface area contributed by atoms with Crippen molar-refractivity contribution in [3.8, 4) is 0 Å². The lowest BCUT2D eigenvalue weighted by Crippen LogP contribution is -2.56. The lowest BCUT2D eigenvalue weighted by molar-refractivity contribution is -0.149. The van der Waals surface area contributed by atoms with Crippen LogP contribution in [0.2, 0.25) is 0 Å². The molecule has 4 bridgehead atoms. The molecule has 0 unspecified atom stereocenters. The first-order valence-corrected chi connectivity index (χ1v) is 11.2. The van der Waals surface area contributed by atoms with Gasteiger partial charge in [0.2, 0.25) is 0 Å². The highest BCUT2D eigenvalue weighted by molar-refractivity contribution is 6.07. The number of esters is 1. The Morgan fingerprint density at radius 3 is 2.15 bits per heavy atom. The lowest BCUT2D eigenvalue weighted by Gasteiger charge is -2.59. The Hall–Kier alpha value is -1.32. The van der Waals surface area contributed by atoms with Gasteiger partial charge in [-0.05, 0) is 101 Å². The second kappa shape index (κ2) is 6.09. The first-order valence-electron chi connectivity index (χ1n) is 11.2. The average molecular weight is 372 g/mol. The molecule has 1 spiro atoms. The fourth-order valence-corrected chi connectivity index (χ4v) is 7.73. The van der Waals surface area contributed by atoms with Crippen LogP contribution < -0.4 is 5.32 Å². The van der Waals surface area contributed by atoms with Gasteiger partial charge >= 0.3 is 5.97 Å². The van der Waals surface area contributed by atoms with Crippen molar-refractivity contribution in [2.24, 2.45) is 23.2 Å². The third-order valence-corrected chi connectivity index (χ3v) is 8.66. The SMILES string of the molecule is CC1=C(C(=O)N[C@@H](C)C23CC4CC(CC(C4)C2)C3)C2(CCCCC2)OC1=O. The Kier molecular flexibility index (Phi) is 4.00. The molecule has 5 aliphatic carbocycles. The summed E-state index contributed by atoms with van der Waals surface area (Å²) in [5.41, 5.74) is 0.808. The largest absolute Gasteiger partial charge is 0.451 e. The van der Waals surface area contributed by atoms with E-state index in [1.807, 2.05) is 0 Å². The summed E-state index contributed by atoms with van der Waals surface area (Å²) in [4.78, 5) is 25.7. The predicted octanol–water partition coefficient (Wildman–Crippen LogP) is 4.28. The highest BCUT2D eigenvalue weighted by Crippen LogP contribution is 2.61. The molecule has 1 amide bonds. The zero-order valence-corrected chi connectivity index (χ0v) is 16.8. The second-order valence-corrected chi connectivity index (χ2v) is 10.4. The van der Waals surface area contributed by atoms with Crippen molar-refractivity contribution >= 4 is 11.9 Å². The number of carbonyl (C=O) groups is 2. The highest BCUT2D eigenvalue weighted by Gasteiger charge is 2.55. The van der Waals surface area contributed by atoms with Crippen molar-refractivity contribution < 1.29 is 14.3 Å². The maximum atomic E-state index is 13.4. The van der Waals surface area contributed by atoms with Gasteiger partial charge < -0.3 is 10.1 Å². The van der Waals surface area contributed by atoms with Gasteiger partial charge in [-0.1, -0.05) is 6.42 Å². The second-order valence-electron chi connectivity index (χ2n) is 10.4. The van der Waals surface area contributed by atoms with Crippen LogP contribution in [-0.2, 0) is 14.3 Å². The molecule has 148 valence electrons. The summed E-state index contributed by atoms with van der Waals surface area (Å²) in [5.74, 6) is 2.29. The van der Waals surface area contributed by atoms with Crippen LogP contribution in [0.15, 0.2) is 11.1 Å². The first kappa shape index (κ1) is 17.8. The molecule has 0 saturated heterocycles. The van der Waals surface area contributed by atoms with Crippen LogP contribution >= 0.6 is 0 Å². The first-order chi connectivity index (χ1) is 12.9. The normalized spacial score (nSPS) is 40.4. The standard InChI is InChI=1S/C23H33NO3/c1-14-19(23(27-21(14)26)6-4-3-5-7-23)20(25)24-15(2)22-11-16-8-17(12-22)10-18(9-16)13-22/h15-18H,3-13H2,1-2H3,(H,24,25)/t15-,16?,17?,18?,22?/m0/s1. The van der Waals surface area contributed by atoms with Gasteiger partial charge in [-0.3, -0.25) is 4.79 Å². The van der Waals surface area contributed by atoms with Gasteiger partial charge in [-0.15, -0.1) is 0 Å². The number of amides is 1. The van der Waals surface area contributed by atoms with Crippen molar-refractivity contribution in [1.29, 1.82) is 0 Å². The smallest absolute Gasteiger partial charge is 0.335 e. The van der Waals surface area contributed by atoms with Gasteiger partial charge in [0.05, 0.1) is 5.57 Å². The molecule has 4 heteroatoms. The Morgan fingerprint density at radius 1 is 1.04 bits per heavy atom. The maximum Gasteiger partial charge on any atom is 0.335 e. The number of nitrogens with one attached hydrogen (secondary N) is 1. The van der Waals surface area contributed by atoms with E-state index < -0.39 is 5.60 Å². The molecule has 0 radical (unpaired) electrons. The quantitative estimate of drug-likeness (QED) is 0.753. The highest BCUT2D eigenvalue weighted by atomic mass is 16.6. The maximum absolute atomic E-state index is 13.4. The Morgan fingerprint density at radius 2 is 1.59 bits per heavy atom. The van der Waals surface area contributed by atoms with Crippen LogP contribution in [0, 0.1) is 23.2 Å². The van der Waals surface area contributed by atoms with Gasteiger partial charge in [0, 0.05) is 11.6 Å². The topological polar surface area (TPSA) is 55.4 Å². The molecule has 1 atom stereocenters. The molecule has 6 aliphatic rings. The molecule has 1 N–H and O–H groups in total. The van der Waals surface area contributed by atoms with Crippen LogP contribution in [0.25, 0.3) is 0 Å². The van der Waals surface area contributed by atoms with E-state index in [4.69, 9.17) is 4.74 Å². The fraction of sp³-hybridized carbons (Fsp3) is 0.826. The van der Waals surface area contributed by atoms with E-state index in [0.717, 1.165) is 49.9 Å². The molecule has 0 aromatic rings. The molecule has 4 nitrogen and oxygen atoms in total. The molecule has 1 heterocycles. The predicted molar refractivity (Wildman–Crippen MR) is 103 cm³/mol. The van der Waals surface area contributed by atoms with Crippen LogP contribution in [0.5, 0.6) is 0 Å². The van der Waals surface area contributed by atoms with Gasteiger partial charge in [0.1, 0.15) is 5.60 Å². The van der Waals surface area contributed by atoms with E-state index in [-0.39, 0.29) is 23.3 Å². The summed E-state index contributed by atoms with van der Waals surface area (Å²) in [5, 5.41) is 3.37. The number of ether oxygens (including phenoxy) is 1. The Bertz CT molecular complexity index is 665. The van der Waals surface area contributed by atoms with Crippen molar-refractivity contribution in [2.45, 2.75) is 96.1 Å². The van der Waals surface area contributed by atoms with E-state index in [1.54, 1.807) is 6.92 Å². The lowest BCUT2D eigenvalue weighted by atomic mass is 9.48. The number of rotatable bonds is 3. The summed E-state index contributed by atoms with van der Waals surface area (Å²) < 4.78 is 5.79. The number of hydrogen-bond donors (Lipinski definition) is 1. The Labute approximate surface area is 162 Å². The van der Waals surface area contributed by atoms with Crippen molar-refractivity contribution in [1.82, 2.24) is 5.32 Å². The minimum Gasteiger partial charge on any atom is -0.451 e. The van der Waals surface area contributed by atoms with Crippen LogP contribution in [0.3, 0.4) is 0 Å². The zero-order chi connectivity index (χ0) is 18.8. The van der Waals surface area contributed by atoms with E-state index in [1.165, 1.54) is 38.5 Å². The van der Waals surface area contributed by atoms with Gasteiger partial charge in [-0.2, -0.15) is 0 Å². The third kappa shape index (κ3) is 2.69. The summed E-state index contributed by atoms with van der Waals surface area (Å²) in [6.45, 7) is 3.99. The summed E-state index contributed by atoms with van der Waals surface area (Å²) >= 11 is 0. The Balaban J connectivity index is 1.37. The number of hydrogen-bond acceptors (Lipinski definition) is 3. The molecule has 27 heavy (non-hydrogen) atoms. The molecule has 5 saturated carbocycles. The summed E-state index contributed by atoms with van der Waals surface area (Å²) in [6.07, 6.45) is 12.9. The fourth-order valence-electron chi connectivity index (χ4n) is 7.73. The minimum absolute atomic E-state index is 0.0384. The monoisotopic (exact) mass is 371 g/mol. The average Bonchev–Trinajstić information content (AvgIpc) is 2.84. The van der Waals surface area contributed by atoms with Crippen molar-refractivity contribution in [2.75, 3.05) is 0 Å². The molecule has 0 aromatic carbocycles. The van der Waals surface area contributed by atoms with Gasteiger partial charge in [0.15, 0.2) is 0 Å². The van der Waals surface area contributed by atoms with Gasteiger partial charge in [-0.25, -0.2) is 4.79 Å². The zero-order valence-electron chi connectivity index (χ0n) is 16.8. The summed E-state index contributed by atoms with van der Waals surface area (Å²) in [6, 6.07) is 0.176. The minimum atomic E-state index is -0.648. The molecule has 0 aromatic heterocycles. The van der Waals surface area contributed by atoms with Crippen molar-refractivity contribution in [3.63, 3.8) is 0 Å². The van der Waals surface area contributed by atoms with Crippen LogP contribution in [0.1, 0.15) is 84.5 Å². The molecular formula is C23H33NO3. The molecule has 5 fully saturated rings. The molecule has 1 aliphatic heterocycles. The van der Waals surface area contributed by atoms with Crippen LogP contribution in [-0.4, -0.2) is 23.5 Å². The number of carbonyl (C=O) groups excluding carboxylic acids is 2. The van der Waals surface area contributed by atoms with E-state index in [0.29, 0.717) is 11.1 Å². The summed E-state index contributed by atoms with van der Waals surface area (Å²) in [7, 11) is 0. The van der Waals surface area contributed by atoms with Crippen LogP contribution in [0.4, 0.5) is 0 Å². The third-order valence-electron chi connectivity index (χ3n) is 8.66. The molecule has 6 rings (SSSR count). The van der Waals surface area contributed by atoms with E-state index >= 15 is 0 Å². The van der Waals surface area contributed by atoms with E-state index in [2.05, 4.69) is 12.2 Å². The van der Waals surface area contributed by atoms with Crippen molar-refractivity contribution in [3.05, 3.63) is 11.1 Å². The molecular weight excluding hydrogens is 338 g/mol. The van der Waals surface area contributed by atoms with E-state index in [9.17, 15) is 9.59 Å². The van der Waals surface area contributed by atoms with Gasteiger partial charge in [0.25, 0.3) is 5.91 Å².